The van der Waals surface area contributed by atoms with Gasteiger partial charge in [-0.15, -0.1) is 0 Å². The highest BCUT2D eigenvalue weighted by atomic mass is 16.5. The third kappa shape index (κ3) is 9.04. The van der Waals surface area contributed by atoms with Crippen LogP contribution in [0.2, 0.25) is 0 Å². The molecule has 0 aromatic carbocycles. The monoisotopic (exact) mass is 648 g/mol. The molecule has 2 aromatic heterocycles. The van der Waals surface area contributed by atoms with Crippen molar-refractivity contribution in [1.82, 2.24) is 27.4 Å². The summed E-state index contributed by atoms with van der Waals surface area (Å²) in [6.45, 7) is -7.47. The summed E-state index contributed by atoms with van der Waals surface area (Å²) < 4.78 is 21.2. The van der Waals surface area contributed by atoms with Crippen LogP contribution < -0.4 is 34.1 Å². The number of hydrogen-bond acceptors (Lipinski definition) is 16. The van der Waals surface area contributed by atoms with Crippen LogP contribution in [-0.4, -0.2) is 114 Å². The topological polar surface area (TPSA) is 281 Å². The van der Waals surface area contributed by atoms with Gasteiger partial charge in [-0.25, -0.2) is 56.2 Å². The van der Waals surface area contributed by atoms with Gasteiger partial charge in [0, 0.05) is 7.11 Å². The first kappa shape index (κ1) is 36.3. The molecular formula is C23H32N6O16. The van der Waals surface area contributed by atoms with Crippen LogP contribution in [0.25, 0.3) is 0 Å². The smallest absolute Gasteiger partial charge is 0.337 e. The number of carbonyl (C=O) groups is 3. The normalized spacial score (nSPS) is 11.7. The lowest BCUT2D eigenvalue weighted by Gasteiger charge is -2.14. The zero-order chi connectivity index (χ0) is 33.8. The predicted octanol–water partition coefficient (Wildman–Crippen LogP) is -7.39. The van der Waals surface area contributed by atoms with Crippen LogP contribution >= 0.6 is 0 Å². The lowest BCUT2D eigenvalue weighted by Crippen LogP contribution is -2.56. The molecule has 0 spiro atoms. The van der Waals surface area contributed by atoms with Crippen molar-refractivity contribution in [3.05, 3.63) is 62.9 Å². The molecule has 22 heteroatoms. The van der Waals surface area contributed by atoms with Crippen molar-refractivity contribution in [1.29, 1.82) is 0 Å². The summed E-state index contributed by atoms with van der Waals surface area (Å²) in [5.41, 5.74) is -7.58. The molecule has 0 aliphatic heterocycles. The fraction of sp³-hybridized carbons (Fsp3) is 0.609. The molecule has 0 fully saturated rings. The van der Waals surface area contributed by atoms with Gasteiger partial charge in [0.15, 0.2) is 0 Å². The fourth-order valence-electron chi connectivity index (χ4n) is 3.66. The Labute approximate surface area is 250 Å². The molecule has 22 nitrogen and oxygen atoms in total. The summed E-state index contributed by atoms with van der Waals surface area (Å²) in [7, 11) is 2.25. The van der Waals surface area contributed by atoms with Crippen LogP contribution in [0.4, 0.5) is 0 Å². The Bertz CT molecular complexity index is 1740. The molecule has 3 N–H and O–H groups in total. The zero-order valence-electron chi connectivity index (χ0n) is 24.2. The second-order valence-electron chi connectivity index (χ2n) is 8.94. The lowest BCUT2D eigenvalue weighted by atomic mass is 10.4. The quantitative estimate of drug-likeness (QED) is 0.106. The van der Waals surface area contributed by atoms with Gasteiger partial charge in [-0.2, -0.15) is 0 Å². The number of rotatable bonds is 17. The van der Waals surface area contributed by atoms with Crippen LogP contribution in [-0.2, 0) is 72.6 Å². The number of esters is 3. The standard InChI is InChI=1S/C23H32N6O16/c1-42-7-4-25-18(36)24(3-6-30)19(37)26(20(25)38)5-8-44-16(34)10-28-21(39)27(9-15(33)43-2)22(40)29(23(28)41)11-17(35)45-13-14(32)12-31/h14,30-32H,3-13H2,1-2H3. The average Bonchev–Trinajstić information content (AvgIpc) is 3.01. The van der Waals surface area contributed by atoms with Crippen molar-refractivity contribution >= 4 is 17.9 Å². The molecule has 0 saturated heterocycles. The molecule has 2 heterocycles. The first-order valence-electron chi connectivity index (χ1n) is 13.0. The third-order valence-corrected chi connectivity index (χ3v) is 5.93. The van der Waals surface area contributed by atoms with E-state index in [1.807, 2.05) is 0 Å². The molecule has 0 bridgehead atoms. The maximum Gasteiger partial charge on any atom is 0.337 e. The van der Waals surface area contributed by atoms with E-state index in [0.717, 1.165) is 7.11 Å². The molecule has 250 valence electrons. The van der Waals surface area contributed by atoms with Gasteiger partial charge in [0.1, 0.15) is 39.0 Å². The van der Waals surface area contributed by atoms with Gasteiger partial charge in [-0.3, -0.25) is 14.4 Å². The molecule has 0 amide bonds. The molecule has 0 radical (unpaired) electrons. The van der Waals surface area contributed by atoms with Gasteiger partial charge < -0.3 is 34.3 Å². The second-order valence-corrected chi connectivity index (χ2v) is 8.94. The van der Waals surface area contributed by atoms with Crippen molar-refractivity contribution < 1.29 is 48.7 Å². The summed E-state index contributed by atoms with van der Waals surface area (Å²) in [6.07, 6.45) is -1.47. The van der Waals surface area contributed by atoms with Gasteiger partial charge >= 0.3 is 52.0 Å². The van der Waals surface area contributed by atoms with E-state index in [4.69, 9.17) is 14.6 Å². The molecule has 0 aliphatic rings. The van der Waals surface area contributed by atoms with Gasteiger partial charge in [0.05, 0.1) is 46.6 Å². The molecule has 1 unspecified atom stereocenters. The van der Waals surface area contributed by atoms with E-state index in [1.54, 1.807) is 0 Å². The van der Waals surface area contributed by atoms with Crippen LogP contribution in [0.1, 0.15) is 0 Å². The Morgan fingerprint density at radius 1 is 0.600 bits per heavy atom. The molecular weight excluding hydrogens is 616 g/mol. The summed E-state index contributed by atoms with van der Waals surface area (Å²) in [4.78, 5) is 113. The predicted molar refractivity (Wildman–Crippen MR) is 144 cm³/mol. The first-order valence-corrected chi connectivity index (χ1v) is 13.0. The number of nitrogens with zero attached hydrogens (tertiary/aromatic N) is 6. The number of hydrogen-bond donors (Lipinski definition) is 3. The van der Waals surface area contributed by atoms with Crippen LogP contribution in [0.3, 0.4) is 0 Å². The van der Waals surface area contributed by atoms with Gasteiger partial charge in [-0.05, 0) is 0 Å². The Hall–Kier alpha value is -4.93. The number of aliphatic hydroxyl groups excluding tert-OH is 3. The molecule has 2 aromatic rings. The van der Waals surface area contributed by atoms with Crippen LogP contribution in [0.5, 0.6) is 0 Å². The van der Waals surface area contributed by atoms with Gasteiger partial charge in [-0.1, -0.05) is 0 Å². The SMILES string of the molecule is COCCn1c(=O)n(CCO)c(=O)n(CCOC(=O)Cn2c(=O)n(CC(=O)OC)c(=O)n(CC(=O)OCC(O)CO)c2=O)c1=O. The van der Waals surface area contributed by atoms with E-state index < -0.39 is 117 Å². The minimum atomic E-state index is -1.49. The molecule has 45 heavy (non-hydrogen) atoms. The maximum absolute atomic E-state index is 13.0. The van der Waals surface area contributed by atoms with E-state index in [2.05, 4.69) is 9.47 Å². The average molecular weight is 649 g/mol. The van der Waals surface area contributed by atoms with E-state index in [1.165, 1.54) is 7.11 Å². The highest BCUT2D eigenvalue weighted by Gasteiger charge is 2.23. The van der Waals surface area contributed by atoms with Gasteiger partial charge in [0.2, 0.25) is 0 Å². The van der Waals surface area contributed by atoms with Crippen LogP contribution in [0, 0.1) is 0 Å². The Morgan fingerprint density at radius 3 is 1.42 bits per heavy atom. The number of aromatic nitrogens is 6. The van der Waals surface area contributed by atoms with E-state index in [9.17, 15) is 53.4 Å². The third-order valence-electron chi connectivity index (χ3n) is 5.93. The number of aliphatic hydroxyl groups is 3. The van der Waals surface area contributed by atoms with Crippen LogP contribution in [0.15, 0.2) is 28.8 Å². The van der Waals surface area contributed by atoms with E-state index in [0.29, 0.717) is 13.7 Å². The van der Waals surface area contributed by atoms with Crippen molar-refractivity contribution in [2.24, 2.45) is 0 Å². The second kappa shape index (κ2) is 16.8. The summed E-state index contributed by atoms with van der Waals surface area (Å²) in [6, 6.07) is 0. The summed E-state index contributed by atoms with van der Waals surface area (Å²) >= 11 is 0. The number of ether oxygens (including phenoxy) is 4. The molecule has 1 atom stereocenters. The first-order chi connectivity index (χ1) is 21.3. The summed E-state index contributed by atoms with van der Waals surface area (Å²) in [5, 5.41) is 27.4. The maximum atomic E-state index is 13.0. The largest absolute Gasteiger partial charge is 0.468 e. The van der Waals surface area contributed by atoms with Crippen molar-refractivity contribution in [3.63, 3.8) is 0 Å². The molecule has 0 aliphatic carbocycles. The van der Waals surface area contributed by atoms with Gasteiger partial charge in [0.25, 0.3) is 0 Å². The zero-order valence-corrected chi connectivity index (χ0v) is 24.2. The molecule has 2 rings (SSSR count). The fourth-order valence-corrected chi connectivity index (χ4v) is 3.66. The minimum absolute atomic E-state index is 0.0752. The van der Waals surface area contributed by atoms with Crippen molar-refractivity contribution in [3.8, 4) is 0 Å². The van der Waals surface area contributed by atoms with E-state index >= 15 is 0 Å². The highest BCUT2D eigenvalue weighted by Crippen LogP contribution is 1.90. The van der Waals surface area contributed by atoms with Crippen molar-refractivity contribution in [2.75, 3.05) is 47.3 Å². The lowest BCUT2D eigenvalue weighted by molar-refractivity contribution is -0.148. The number of carbonyl (C=O) groups excluding carboxylic acids is 3. The highest BCUT2D eigenvalue weighted by molar-refractivity contribution is 5.70. The minimum Gasteiger partial charge on any atom is -0.468 e. The molecule has 0 saturated carbocycles. The Balaban J connectivity index is 2.38. The van der Waals surface area contributed by atoms with E-state index in [-0.39, 0.29) is 26.9 Å². The number of methoxy groups -OCH3 is 2. The van der Waals surface area contributed by atoms with Crippen molar-refractivity contribution in [2.45, 2.75) is 45.4 Å². The Morgan fingerprint density at radius 2 is 1.00 bits per heavy atom. The summed E-state index contributed by atoms with van der Waals surface area (Å²) in [5.74, 6) is -3.66. The Kier molecular flexibility index (Phi) is 13.5.